The van der Waals surface area contributed by atoms with Crippen molar-refractivity contribution in [2.45, 2.75) is 11.8 Å². The van der Waals surface area contributed by atoms with E-state index in [2.05, 4.69) is 0 Å². The zero-order valence-corrected chi connectivity index (χ0v) is 17.9. The van der Waals surface area contributed by atoms with Crippen LogP contribution in [0.4, 0.5) is 10.1 Å². The van der Waals surface area contributed by atoms with Crippen LogP contribution in [0.25, 0.3) is 10.8 Å². The first-order valence-corrected chi connectivity index (χ1v) is 11.5. The third-order valence-corrected chi connectivity index (χ3v) is 7.30. The third kappa shape index (κ3) is 4.06. The molecule has 1 amide bonds. The molecule has 1 heterocycles. The van der Waals surface area contributed by atoms with Crippen LogP contribution in [-0.2, 0) is 14.8 Å². The summed E-state index contributed by atoms with van der Waals surface area (Å²) >= 11 is 0. The molecule has 0 N–H and O–H groups in total. The van der Waals surface area contributed by atoms with Crippen molar-refractivity contribution in [1.82, 2.24) is 4.31 Å². The Bertz CT molecular complexity index is 1220. The van der Waals surface area contributed by atoms with Gasteiger partial charge in [-0.2, -0.15) is 4.31 Å². The molecule has 0 aliphatic carbocycles. The molecule has 162 valence electrons. The van der Waals surface area contributed by atoms with E-state index >= 15 is 0 Å². The van der Waals surface area contributed by atoms with Gasteiger partial charge in [-0.05, 0) is 36.6 Å². The van der Waals surface area contributed by atoms with Crippen molar-refractivity contribution in [2.75, 3.05) is 37.7 Å². The molecule has 31 heavy (non-hydrogen) atoms. The number of amides is 1. The Kier molecular flexibility index (Phi) is 6.04. The summed E-state index contributed by atoms with van der Waals surface area (Å²) in [6, 6.07) is 16.9. The van der Waals surface area contributed by atoms with Crippen molar-refractivity contribution in [2.24, 2.45) is 0 Å². The second kappa shape index (κ2) is 8.74. The zero-order valence-electron chi connectivity index (χ0n) is 17.1. The molecule has 1 aliphatic heterocycles. The summed E-state index contributed by atoms with van der Waals surface area (Å²) in [7, 11) is -4.07. The molecule has 6 nitrogen and oxygen atoms in total. The van der Waals surface area contributed by atoms with Crippen molar-refractivity contribution in [1.29, 1.82) is 0 Å². The first kappa shape index (κ1) is 21.4. The van der Waals surface area contributed by atoms with Gasteiger partial charge in [0.1, 0.15) is 10.7 Å². The van der Waals surface area contributed by atoms with Crippen LogP contribution in [0.5, 0.6) is 0 Å². The Hall–Kier alpha value is -2.81. The highest BCUT2D eigenvalue weighted by Crippen LogP contribution is 2.29. The number of hydrogen-bond donors (Lipinski definition) is 0. The topological polar surface area (TPSA) is 66.9 Å². The minimum atomic E-state index is -4.07. The van der Waals surface area contributed by atoms with E-state index in [0.29, 0.717) is 12.2 Å². The van der Waals surface area contributed by atoms with Gasteiger partial charge in [-0.15, -0.1) is 0 Å². The summed E-state index contributed by atoms with van der Waals surface area (Å²) in [4.78, 5) is 14.4. The van der Waals surface area contributed by atoms with Gasteiger partial charge >= 0.3 is 0 Å². The summed E-state index contributed by atoms with van der Waals surface area (Å²) in [5.74, 6) is -1.27. The SMILES string of the molecule is CCN(C(=O)c1ccc(F)c(S(=O)(=O)N2CCOCC2)c1)c1cccc2ccccc12. The van der Waals surface area contributed by atoms with Gasteiger partial charge in [0.15, 0.2) is 0 Å². The Morgan fingerprint density at radius 2 is 1.77 bits per heavy atom. The molecule has 3 aromatic rings. The molecule has 8 heteroatoms. The lowest BCUT2D eigenvalue weighted by molar-refractivity contribution is 0.0729. The third-order valence-electron chi connectivity index (χ3n) is 5.38. The Labute approximate surface area is 180 Å². The summed E-state index contributed by atoms with van der Waals surface area (Å²) in [6.45, 7) is 3.02. The fourth-order valence-corrected chi connectivity index (χ4v) is 5.28. The molecule has 1 aliphatic rings. The fraction of sp³-hybridized carbons (Fsp3) is 0.261. The number of ether oxygens (including phenoxy) is 1. The van der Waals surface area contributed by atoms with Crippen molar-refractivity contribution in [3.05, 3.63) is 72.0 Å². The van der Waals surface area contributed by atoms with Crippen LogP contribution >= 0.6 is 0 Å². The second-order valence-electron chi connectivity index (χ2n) is 7.21. The lowest BCUT2D eigenvalue weighted by atomic mass is 10.1. The molecule has 0 spiro atoms. The predicted molar refractivity (Wildman–Crippen MR) is 117 cm³/mol. The zero-order chi connectivity index (χ0) is 22.0. The number of hydrogen-bond acceptors (Lipinski definition) is 4. The van der Waals surface area contributed by atoms with E-state index in [4.69, 9.17) is 4.74 Å². The van der Waals surface area contributed by atoms with Crippen LogP contribution < -0.4 is 4.90 Å². The smallest absolute Gasteiger partial charge is 0.258 e. The number of halogens is 1. The Morgan fingerprint density at radius 1 is 1.06 bits per heavy atom. The molecule has 4 rings (SSSR count). The van der Waals surface area contributed by atoms with Crippen LogP contribution in [-0.4, -0.2) is 51.5 Å². The molecule has 0 radical (unpaired) electrons. The largest absolute Gasteiger partial charge is 0.379 e. The van der Waals surface area contributed by atoms with Crippen LogP contribution in [0.3, 0.4) is 0 Å². The van der Waals surface area contributed by atoms with E-state index in [0.717, 1.165) is 22.9 Å². The molecule has 3 aromatic carbocycles. The summed E-state index contributed by atoms with van der Waals surface area (Å²) in [6.07, 6.45) is 0. The van der Waals surface area contributed by atoms with Gasteiger partial charge in [0.05, 0.1) is 18.9 Å². The molecule has 0 bridgehead atoms. The number of anilines is 1. The molecule has 1 saturated heterocycles. The van der Waals surface area contributed by atoms with E-state index in [9.17, 15) is 17.6 Å². The lowest BCUT2D eigenvalue weighted by Gasteiger charge is -2.27. The Balaban J connectivity index is 1.73. The van der Waals surface area contributed by atoms with E-state index in [-0.39, 0.29) is 31.9 Å². The van der Waals surface area contributed by atoms with Gasteiger partial charge in [-0.1, -0.05) is 36.4 Å². The molecule has 1 fully saturated rings. The summed E-state index contributed by atoms with van der Waals surface area (Å²) < 4.78 is 46.9. The highest BCUT2D eigenvalue weighted by Gasteiger charge is 2.30. The van der Waals surface area contributed by atoms with Gasteiger partial charge in [-0.25, -0.2) is 12.8 Å². The number of benzene rings is 3. The maximum absolute atomic E-state index is 14.5. The lowest BCUT2D eigenvalue weighted by Crippen LogP contribution is -2.41. The minimum absolute atomic E-state index is 0.114. The number of carbonyl (C=O) groups excluding carboxylic acids is 1. The number of sulfonamides is 1. The first-order valence-electron chi connectivity index (χ1n) is 10.1. The van der Waals surface area contributed by atoms with E-state index < -0.39 is 26.6 Å². The minimum Gasteiger partial charge on any atom is -0.379 e. The van der Waals surface area contributed by atoms with Crippen molar-refractivity contribution >= 4 is 32.4 Å². The van der Waals surface area contributed by atoms with Crippen molar-refractivity contribution < 1.29 is 22.3 Å². The highest BCUT2D eigenvalue weighted by atomic mass is 32.2. The monoisotopic (exact) mass is 442 g/mol. The summed E-state index contributed by atoms with van der Waals surface area (Å²) in [5.41, 5.74) is 0.829. The first-order chi connectivity index (χ1) is 14.9. The van der Waals surface area contributed by atoms with Crippen LogP contribution in [0.15, 0.2) is 65.6 Å². The molecular formula is C23H23FN2O4S. The Morgan fingerprint density at radius 3 is 2.52 bits per heavy atom. The van der Waals surface area contributed by atoms with Gasteiger partial charge in [0.25, 0.3) is 5.91 Å². The van der Waals surface area contributed by atoms with Gasteiger partial charge in [0, 0.05) is 30.6 Å². The maximum atomic E-state index is 14.5. The van der Waals surface area contributed by atoms with E-state index in [1.54, 1.807) is 4.90 Å². The standard InChI is InChI=1S/C23H23FN2O4S/c1-2-26(21-9-5-7-17-6-3-4-8-19(17)21)23(27)18-10-11-20(24)22(16-18)31(28,29)25-12-14-30-15-13-25/h3-11,16H,2,12-15H2,1H3. The fourth-order valence-electron chi connectivity index (χ4n) is 3.78. The normalized spacial score (nSPS) is 15.2. The number of rotatable bonds is 5. The van der Waals surface area contributed by atoms with E-state index in [1.165, 1.54) is 10.4 Å². The quantitative estimate of drug-likeness (QED) is 0.605. The second-order valence-corrected chi connectivity index (χ2v) is 9.12. The van der Waals surface area contributed by atoms with Gasteiger partial charge in [-0.3, -0.25) is 4.79 Å². The molecule has 0 unspecified atom stereocenters. The number of morpholine rings is 1. The average Bonchev–Trinajstić information content (AvgIpc) is 2.80. The number of fused-ring (bicyclic) bond motifs is 1. The van der Waals surface area contributed by atoms with Crippen LogP contribution in [0.2, 0.25) is 0 Å². The predicted octanol–water partition coefficient (Wildman–Crippen LogP) is 3.67. The maximum Gasteiger partial charge on any atom is 0.258 e. The molecule has 0 aromatic heterocycles. The van der Waals surface area contributed by atoms with Crippen molar-refractivity contribution in [3.8, 4) is 0 Å². The molecular weight excluding hydrogens is 419 g/mol. The van der Waals surface area contributed by atoms with Gasteiger partial charge < -0.3 is 9.64 Å². The highest BCUT2D eigenvalue weighted by molar-refractivity contribution is 7.89. The molecule has 0 saturated carbocycles. The van der Waals surface area contributed by atoms with Gasteiger partial charge in [0.2, 0.25) is 10.0 Å². The van der Waals surface area contributed by atoms with Crippen LogP contribution in [0, 0.1) is 5.82 Å². The van der Waals surface area contributed by atoms with E-state index in [1.807, 2.05) is 49.4 Å². The van der Waals surface area contributed by atoms with Crippen molar-refractivity contribution in [3.63, 3.8) is 0 Å². The average molecular weight is 443 g/mol. The number of nitrogens with zero attached hydrogens (tertiary/aromatic N) is 2. The molecule has 0 atom stereocenters. The number of carbonyl (C=O) groups is 1. The summed E-state index contributed by atoms with van der Waals surface area (Å²) in [5, 5.41) is 1.89. The van der Waals surface area contributed by atoms with Crippen LogP contribution in [0.1, 0.15) is 17.3 Å².